The number of hydrogen-bond acceptors (Lipinski definition) is 4. The number of hydrogen-bond donors (Lipinski definition) is 0. The number of carbonyl (C=O) groups is 1. The van der Waals surface area contributed by atoms with E-state index in [2.05, 4.69) is 18.7 Å². The molecule has 0 aliphatic carbocycles. The van der Waals surface area contributed by atoms with E-state index in [1.54, 1.807) is 6.07 Å². The Morgan fingerprint density at radius 1 is 1.07 bits per heavy atom. The number of aromatic nitrogens is 2. The van der Waals surface area contributed by atoms with Crippen molar-refractivity contribution in [2.24, 2.45) is 11.8 Å². The molecule has 160 valence electrons. The van der Waals surface area contributed by atoms with Crippen molar-refractivity contribution in [2.45, 2.75) is 71.3 Å². The first-order valence-corrected chi connectivity index (χ1v) is 11.6. The van der Waals surface area contributed by atoms with E-state index in [9.17, 15) is 9.59 Å². The van der Waals surface area contributed by atoms with E-state index in [1.807, 2.05) is 9.47 Å². The molecule has 4 rings (SSSR count). The Bertz CT molecular complexity index is 772. The molecule has 0 saturated carbocycles. The molecule has 4 heterocycles. The Hall–Kier alpha value is -1.69. The van der Waals surface area contributed by atoms with Gasteiger partial charge in [0.25, 0.3) is 5.56 Å². The van der Waals surface area contributed by atoms with Crippen LogP contribution < -0.4 is 5.56 Å². The second-order valence-electron chi connectivity index (χ2n) is 9.69. The third kappa shape index (κ3) is 4.90. The molecule has 2 unspecified atom stereocenters. The van der Waals surface area contributed by atoms with Gasteiger partial charge >= 0.3 is 0 Å². The molecule has 1 aromatic heterocycles. The number of amides is 1. The SMILES string of the molecule is CC1CC(C)CN(CC(=O)N2CCC(c3cc(=O)n4c(n3)CCCCC4)CC2)C1. The van der Waals surface area contributed by atoms with Crippen molar-refractivity contribution < 1.29 is 4.79 Å². The van der Waals surface area contributed by atoms with E-state index in [1.165, 1.54) is 12.8 Å². The number of fused-ring (bicyclic) bond motifs is 1. The monoisotopic (exact) mass is 400 g/mol. The molecule has 0 bridgehead atoms. The molecule has 0 aromatic carbocycles. The fourth-order valence-corrected chi connectivity index (χ4v) is 5.58. The van der Waals surface area contributed by atoms with Gasteiger partial charge in [0.1, 0.15) is 5.82 Å². The van der Waals surface area contributed by atoms with Gasteiger partial charge in [0.15, 0.2) is 0 Å². The maximum atomic E-state index is 12.8. The van der Waals surface area contributed by atoms with Crippen molar-refractivity contribution in [3.63, 3.8) is 0 Å². The zero-order valence-corrected chi connectivity index (χ0v) is 18.1. The fourth-order valence-electron chi connectivity index (χ4n) is 5.58. The molecule has 2 saturated heterocycles. The lowest BCUT2D eigenvalue weighted by molar-refractivity contribution is -0.134. The third-order valence-electron chi connectivity index (χ3n) is 6.96. The molecule has 2 atom stereocenters. The summed E-state index contributed by atoms with van der Waals surface area (Å²) in [5.41, 5.74) is 1.06. The summed E-state index contributed by atoms with van der Waals surface area (Å²) in [4.78, 5) is 34.7. The van der Waals surface area contributed by atoms with Gasteiger partial charge in [-0.25, -0.2) is 4.98 Å². The number of likely N-dealkylation sites (tertiary alicyclic amines) is 2. The van der Waals surface area contributed by atoms with Crippen molar-refractivity contribution in [3.05, 3.63) is 27.9 Å². The second kappa shape index (κ2) is 8.99. The Labute approximate surface area is 174 Å². The minimum absolute atomic E-state index is 0.110. The molecule has 3 aliphatic heterocycles. The van der Waals surface area contributed by atoms with E-state index in [4.69, 9.17) is 4.98 Å². The van der Waals surface area contributed by atoms with Crippen molar-refractivity contribution in [1.82, 2.24) is 19.4 Å². The van der Waals surface area contributed by atoms with Crippen LogP contribution in [0.1, 0.15) is 69.8 Å². The Kier molecular flexibility index (Phi) is 6.38. The minimum Gasteiger partial charge on any atom is -0.342 e. The molecule has 0 N–H and O–H groups in total. The Balaban J connectivity index is 1.35. The zero-order chi connectivity index (χ0) is 20.4. The zero-order valence-electron chi connectivity index (χ0n) is 18.1. The van der Waals surface area contributed by atoms with E-state index in [0.29, 0.717) is 24.3 Å². The highest BCUT2D eigenvalue weighted by Crippen LogP contribution is 2.27. The maximum Gasteiger partial charge on any atom is 0.253 e. The van der Waals surface area contributed by atoms with Crippen LogP contribution in [0.2, 0.25) is 0 Å². The highest BCUT2D eigenvalue weighted by molar-refractivity contribution is 5.78. The largest absolute Gasteiger partial charge is 0.342 e. The summed E-state index contributed by atoms with van der Waals surface area (Å²) >= 11 is 0. The minimum atomic E-state index is 0.110. The fraction of sp³-hybridized carbons (Fsp3) is 0.783. The van der Waals surface area contributed by atoms with Gasteiger partial charge < -0.3 is 4.90 Å². The predicted octanol–water partition coefficient (Wildman–Crippen LogP) is 2.65. The number of nitrogens with zero attached hydrogens (tertiary/aromatic N) is 4. The van der Waals surface area contributed by atoms with Crippen LogP contribution in [0, 0.1) is 11.8 Å². The predicted molar refractivity (Wildman–Crippen MR) is 114 cm³/mol. The molecular weight excluding hydrogens is 364 g/mol. The smallest absolute Gasteiger partial charge is 0.253 e. The van der Waals surface area contributed by atoms with Gasteiger partial charge in [-0.15, -0.1) is 0 Å². The molecule has 0 radical (unpaired) electrons. The van der Waals surface area contributed by atoms with Crippen LogP contribution in [-0.2, 0) is 17.8 Å². The summed E-state index contributed by atoms with van der Waals surface area (Å²) in [5, 5.41) is 0. The molecule has 0 spiro atoms. The molecule has 1 amide bonds. The van der Waals surface area contributed by atoms with Crippen LogP contribution in [0.4, 0.5) is 0 Å². The van der Waals surface area contributed by atoms with Gasteiger partial charge in [-0.2, -0.15) is 0 Å². The maximum absolute atomic E-state index is 12.8. The lowest BCUT2D eigenvalue weighted by Gasteiger charge is -2.37. The van der Waals surface area contributed by atoms with E-state index < -0.39 is 0 Å². The average Bonchev–Trinajstić information content (AvgIpc) is 2.93. The average molecular weight is 401 g/mol. The molecule has 6 nitrogen and oxygen atoms in total. The van der Waals surface area contributed by atoms with E-state index in [0.717, 1.165) is 76.3 Å². The number of piperidine rings is 2. The van der Waals surface area contributed by atoms with Crippen LogP contribution in [0.25, 0.3) is 0 Å². The second-order valence-corrected chi connectivity index (χ2v) is 9.69. The van der Waals surface area contributed by atoms with Crippen molar-refractivity contribution in [2.75, 3.05) is 32.7 Å². The van der Waals surface area contributed by atoms with E-state index >= 15 is 0 Å². The van der Waals surface area contributed by atoms with E-state index in [-0.39, 0.29) is 11.5 Å². The number of carbonyl (C=O) groups excluding carboxylic acids is 1. The van der Waals surface area contributed by atoms with Crippen LogP contribution in [0.5, 0.6) is 0 Å². The van der Waals surface area contributed by atoms with Crippen molar-refractivity contribution in [1.29, 1.82) is 0 Å². The summed E-state index contributed by atoms with van der Waals surface area (Å²) < 4.78 is 1.87. The first kappa shape index (κ1) is 20.6. The van der Waals surface area contributed by atoms with Crippen LogP contribution in [0.3, 0.4) is 0 Å². The van der Waals surface area contributed by atoms with Crippen LogP contribution in [-0.4, -0.2) is 58.0 Å². The lowest BCUT2D eigenvalue weighted by Crippen LogP contribution is -2.47. The van der Waals surface area contributed by atoms with Gasteiger partial charge in [-0.05, 0) is 43.9 Å². The quantitative estimate of drug-likeness (QED) is 0.783. The normalized spacial score (nSPS) is 26.8. The molecule has 1 aromatic rings. The van der Waals surface area contributed by atoms with Gasteiger partial charge in [0.05, 0.1) is 12.2 Å². The van der Waals surface area contributed by atoms with Gasteiger partial charge in [0, 0.05) is 51.1 Å². The van der Waals surface area contributed by atoms with Crippen LogP contribution >= 0.6 is 0 Å². The van der Waals surface area contributed by atoms with Gasteiger partial charge in [-0.1, -0.05) is 20.3 Å². The summed E-state index contributed by atoms with van der Waals surface area (Å²) in [6, 6.07) is 1.76. The highest BCUT2D eigenvalue weighted by atomic mass is 16.2. The number of rotatable bonds is 3. The first-order valence-electron chi connectivity index (χ1n) is 11.6. The standard InChI is InChI=1S/C23H36N4O2/c1-17-12-18(2)15-25(14-17)16-23(29)26-10-7-19(8-11-26)20-13-22(28)27-9-5-3-4-6-21(27)24-20/h13,17-19H,3-12,14-16H2,1-2H3. The molecule has 3 aliphatic rings. The Morgan fingerprint density at radius 3 is 2.52 bits per heavy atom. The highest BCUT2D eigenvalue weighted by Gasteiger charge is 2.29. The summed E-state index contributed by atoms with van der Waals surface area (Å²) in [7, 11) is 0. The molecule has 29 heavy (non-hydrogen) atoms. The topological polar surface area (TPSA) is 58.4 Å². The molecule has 2 fully saturated rings. The van der Waals surface area contributed by atoms with Gasteiger partial charge in [-0.3, -0.25) is 19.1 Å². The third-order valence-corrected chi connectivity index (χ3v) is 6.96. The summed E-state index contributed by atoms with van der Waals surface area (Å²) in [5.74, 6) is 2.89. The summed E-state index contributed by atoms with van der Waals surface area (Å²) in [6.07, 6.45) is 7.37. The first-order chi connectivity index (χ1) is 14.0. The van der Waals surface area contributed by atoms with Crippen molar-refractivity contribution in [3.8, 4) is 0 Å². The summed E-state index contributed by atoms with van der Waals surface area (Å²) in [6.45, 7) is 9.57. The number of aryl methyl sites for hydroxylation is 1. The molecule has 6 heteroatoms. The Morgan fingerprint density at radius 2 is 1.79 bits per heavy atom. The lowest BCUT2D eigenvalue weighted by atomic mass is 9.91. The van der Waals surface area contributed by atoms with Gasteiger partial charge in [0.2, 0.25) is 5.91 Å². The van der Waals surface area contributed by atoms with Crippen molar-refractivity contribution >= 4 is 5.91 Å². The van der Waals surface area contributed by atoms with Crippen LogP contribution in [0.15, 0.2) is 10.9 Å². The molecular formula is C23H36N4O2.